The summed E-state index contributed by atoms with van der Waals surface area (Å²) in [6.45, 7) is 6.26. The maximum atomic E-state index is 5.79. The fourth-order valence-electron chi connectivity index (χ4n) is 2.68. The molecule has 0 atom stereocenters. The van der Waals surface area contributed by atoms with Crippen molar-refractivity contribution in [1.29, 1.82) is 0 Å². The molecular weight excluding hydrogens is 331 g/mol. The van der Waals surface area contributed by atoms with Gasteiger partial charge < -0.3 is 4.42 Å². The summed E-state index contributed by atoms with van der Waals surface area (Å²) in [5, 5.41) is 0. The lowest BCUT2D eigenvalue weighted by atomic mass is 10.1. The normalized spacial score (nSPS) is 12.6. The van der Waals surface area contributed by atoms with E-state index in [1.54, 1.807) is 12.4 Å². The van der Waals surface area contributed by atoms with Crippen LogP contribution in [0, 0.1) is 20.8 Å². The van der Waals surface area contributed by atoms with E-state index in [0.717, 1.165) is 17.2 Å². The molecule has 0 N–H and O–H groups in total. The highest BCUT2D eigenvalue weighted by atomic mass is 31.1. The largest absolute Gasteiger partial charge is 0.454 e. The molecule has 25 heavy (non-hydrogen) atoms. The summed E-state index contributed by atoms with van der Waals surface area (Å²) in [7, 11) is 7.39. The van der Waals surface area contributed by atoms with Crippen molar-refractivity contribution in [3.05, 3.63) is 52.5 Å². The Morgan fingerprint density at radius 2 is 1.40 bits per heavy atom. The standard InChI is InChI=1S/C19H27N4OP/c1-14-10-15(2)19(16(3)11-14)20-12-17-8-9-18(24-17)13-21-25(22(4)5)23(6)7/h8-13H,1-7H3/b20-12?,21-13+. The zero-order valence-corrected chi connectivity index (χ0v) is 17.0. The summed E-state index contributed by atoms with van der Waals surface area (Å²) in [4.78, 5) is 4.61. The van der Waals surface area contributed by atoms with Gasteiger partial charge in [0.25, 0.3) is 0 Å². The van der Waals surface area contributed by atoms with Gasteiger partial charge in [0, 0.05) is 0 Å². The first-order valence-corrected chi connectivity index (χ1v) is 9.38. The molecule has 2 aromatic rings. The number of aliphatic imine (C=N–C) groups is 1. The molecule has 0 aliphatic carbocycles. The van der Waals surface area contributed by atoms with Gasteiger partial charge in [-0.2, -0.15) is 0 Å². The van der Waals surface area contributed by atoms with E-state index in [0.29, 0.717) is 0 Å². The first-order chi connectivity index (χ1) is 11.8. The van der Waals surface area contributed by atoms with Crippen LogP contribution in [0.4, 0.5) is 5.69 Å². The van der Waals surface area contributed by atoms with Crippen molar-refractivity contribution in [3.8, 4) is 0 Å². The quantitative estimate of drug-likeness (QED) is 0.554. The van der Waals surface area contributed by atoms with Crippen molar-refractivity contribution in [1.82, 2.24) is 9.34 Å². The zero-order valence-electron chi connectivity index (χ0n) is 16.1. The second kappa shape index (κ2) is 8.52. The second-order valence-corrected chi connectivity index (χ2v) is 8.82. The number of aryl methyl sites for hydroxylation is 3. The molecule has 0 fully saturated rings. The molecule has 0 saturated heterocycles. The van der Waals surface area contributed by atoms with Gasteiger partial charge in [0.1, 0.15) is 11.5 Å². The molecule has 0 aliphatic rings. The van der Waals surface area contributed by atoms with Gasteiger partial charge in [-0.25, -0.2) is 4.76 Å². The van der Waals surface area contributed by atoms with Crippen molar-refractivity contribution in [3.63, 3.8) is 0 Å². The fraction of sp³-hybridized carbons (Fsp3) is 0.368. The molecule has 2 rings (SSSR count). The number of benzene rings is 1. The van der Waals surface area contributed by atoms with Gasteiger partial charge >= 0.3 is 0 Å². The molecule has 5 nitrogen and oxygen atoms in total. The van der Waals surface area contributed by atoms with E-state index in [-0.39, 0.29) is 0 Å². The third-order valence-electron chi connectivity index (χ3n) is 3.61. The van der Waals surface area contributed by atoms with Crippen LogP contribution in [0.1, 0.15) is 28.2 Å². The highest BCUT2D eigenvalue weighted by Crippen LogP contribution is 2.40. The SMILES string of the molecule is Cc1cc(C)c(N=Cc2ccc(/C=N/P(N(C)C)N(C)C)o2)c(C)c1. The fourth-order valence-corrected chi connectivity index (χ4v) is 4.03. The van der Waals surface area contributed by atoms with Crippen LogP contribution in [-0.4, -0.2) is 50.0 Å². The summed E-state index contributed by atoms with van der Waals surface area (Å²) >= 11 is 0. The third kappa shape index (κ3) is 5.33. The van der Waals surface area contributed by atoms with Crippen LogP contribution in [0.2, 0.25) is 0 Å². The van der Waals surface area contributed by atoms with Crippen LogP contribution >= 0.6 is 8.37 Å². The van der Waals surface area contributed by atoms with Gasteiger partial charge in [0.2, 0.25) is 0 Å². The van der Waals surface area contributed by atoms with E-state index in [2.05, 4.69) is 52.0 Å². The van der Waals surface area contributed by atoms with Gasteiger partial charge in [-0.3, -0.25) is 14.3 Å². The molecule has 0 aliphatic heterocycles. The lowest BCUT2D eigenvalue weighted by Gasteiger charge is -2.24. The van der Waals surface area contributed by atoms with Crippen molar-refractivity contribution >= 4 is 26.5 Å². The predicted octanol–water partition coefficient (Wildman–Crippen LogP) is 4.72. The summed E-state index contributed by atoms with van der Waals surface area (Å²) in [6.07, 6.45) is 3.55. The highest BCUT2D eigenvalue weighted by Gasteiger charge is 2.12. The van der Waals surface area contributed by atoms with Crippen LogP contribution in [-0.2, 0) is 0 Å². The molecule has 0 saturated carbocycles. The van der Waals surface area contributed by atoms with Crippen LogP contribution in [0.5, 0.6) is 0 Å². The van der Waals surface area contributed by atoms with Gasteiger partial charge in [0.15, 0.2) is 8.37 Å². The first-order valence-electron chi connectivity index (χ1n) is 8.18. The molecule has 0 spiro atoms. The molecule has 1 heterocycles. The van der Waals surface area contributed by atoms with E-state index in [1.165, 1.54) is 16.7 Å². The molecule has 0 amide bonds. The summed E-state index contributed by atoms with van der Waals surface area (Å²) in [5.41, 5.74) is 4.60. The average Bonchev–Trinajstić information content (AvgIpc) is 2.93. The molecule has 1 aromatic heterocycles. The maximum Gasteiger partial charge on any atom is 0.168 e. The van der Waals surface area contributed by atoms with Crippen LogP contribution < -0.4 is 0 Å². The maximum absolute atomic E-state index is 5.79. The van der Waals surface area contributed by atoms with Crippen LogP contribution in [0.25, 0.3) is 0 Å². The van der Waals surface area contributed by atoms with Crippen molar-refractivity contribution in [2.45, 2.75) is 20.8 Å². The number of furan rings is 1. The van der Waals surface area contributed by atoms with Gasteiger partial charge in [-0.15, -0.1) is 0 Å². The Kier molecular flexibility index (Phi) is 6.65. The molecule has 0 radical (unpaired) electrons. The molecule has 6 heteroatoms. The van der Waals surface area contributed by atoms with Crippen molar-refractivity contribution < 1.29 is 4.42 Å². The predicted molar refractivity (Wildman–Crippen MR) is 109 cm³/mol. The highest BCUT2D eigenvalue weighted by molar-refractivity contribution is 7.51. The van der Waals surface area contributed by atoms with E-state index in [4.69, 9.17) is 4.42 Å². The van der Waals surface area contributed by atoms with Crippen LogP contribution in [0.15, 0.2) is 38.4 Å². The summed E-state index contributed by atoms with van der Waals surface area (Å²) in [5.74, 6) is 1.45. The van der Waals surface area contributed by atoms with E-state index in [9.17, 15) is 0 Å². The number of nitrogens with zero attached hydrogens (tertiary/aromatic N) is 4. The van der Waals surface area contributed by atoms with Gasteiger partial charge in [0.05, 0.1) is 18.1 Å². The summed E-state index contributed by atoms with van der Waals surface area (Å²) < 4.78 is 14.6. The number of hydrogen-bond donors (Lipinski definition) is 0. The minimum atomic E-state index is -0.706. The Labute approximate surface area is 152 Å². The Hall–Kier alpha value is -1.81. The Balaban J connectivity index is 2.14. The minimum absolute atomic E-state index is 0.706. The van der Waals surface area contributed by atoms with Gasteiger partial charge in [-0.05, 0) is 72.2 Å². The van der Waals surface area contributed by atoms with Crippen molar-refractivity contribution in [2.75, 3.05) is 28.2 Å². The third-order valence-corrected chi connectivity index (χ3v) is 5.36. The zero-order chi connectivity index (χ0) is 18.6. The summed E-state index contributed by atoms with van der Waals surface area (Å²) in [6, 6.07) is 8.12. The number of hydrogen-bond acceptors (Lipinski definition) is 5. The Morgan fingerprint density at radius 1 is 0.880 bits per heavy atom. The average molecular weight is 358 g/mol. The topological polar surface area (TPSA) is 44.3 Å². The molecule has 134 valence electrons. The van der Waals surface area contributed by atoms with Crippen LogP contribution in [0.3, 0.4) is 0 Å². The molecule has 0 bridgehead atoms. The first kappa shape index (κ1) is 19.5. The van der Waals surface area contributed by atoms with E-state index in [1.807, 2.05) is 40.3 Å². The van der Waals surface area contributed by atoms with E-state index >= 15 is 0 Å². The molecule has 0 unspecified atom stereocenters. The lowest BCUT2D eigenvalue weighted by Crippen LogP contribution is -2.15. The second-order valence-electron chi connectivity index (χ2n) is 6.45. The smallest absolute Gasteiger partial charge is 0.168 e. The van der Waals surface area contributed by atoms with Crippen molar-refractivity contribution in [2.24, 2.45) is 9.76 Å². The van der Waals surface area contributed by atoms with E-state index < -0.39 is 8.37 Å². The van der Waals surface area contributed by atoms with Gasteiger partial charge in [-0.1, -0.05) is 17.7 Å². The Morgan fingerprint density at radius 3 is 1.92 bits per heavy atom. The molecule has 1 aromatic carbocycles. The molecular formula is C19H27N4OP. The monoisotopic (exact) mass is 358 g/mol. The number of rotatable bonds is 6. The lowest BCUT2D eigenvalue weighted by molar-refractivity contribution is 0.552. The Bertz CT molecular complexity index is 746. The minimum Gasteiger partial charge on any atom is -0.454 e.